The van der Waals surface area contributed by atoms with Gasteiger partial charge in [-0.2, -0.15) is 0 Å². The monoisotopic (exact) mass is 365 g/mol. The van der Waals surface area contributed by atoms with Gasteiger partial charge in [-0.15, -0.1) is 0 Å². The summed E-state index contributed by atoms with van der Waals surface area (Å²) in [4.78, 5) is 0.267. The smallest absolute Gasteiger partial charge is 0.241 e. The standard InChI is InChI=1S/C22H23NO2S/c1-5-21-14-20(19-10-8-18(9-11-19)16(2)3)15-23(21)26(24,25)22-12-6-17(4)7-13-22/h5-16H,1H2,2-4H3. The highest BCUT2D eigenvalue weighted by Gasteiger charge is 2.20. The maximum atomic E-state index is 13.0. The zero-order valence-corrected chi connectivity index (χ0v) is 16.1. The van der Waals surface area contributed by atoms with Gasteiger partial charge in [0.1, 0.15) is 0 Å². The molecule has 3 nitrogen and oxygen atoms in total. The molecule has 1 aromatic heterocycles. The molecule has 0 aliphatic carbocycles. The van der Waals surface area contributed by atoms with E-state index in [4.69, 9.17) is 0 Å². The number of rotatable bonds is 5. The van der Waals surface area contributed by atoms with Crippen LogP contribution in [-0.2, 0) is 10.0 Å². The van der Waals surface area contributed by atoms with Crippen molar-refractivity contribution in [3.63, 3.8) is 0 Å². The molecule has 0 aliphatic rings. The minimum Gasteiger partial charge on any atom is -0.241 e. The molecular formula is C22H23NO2S. The molecule has 0 unspecified atom stereocenters. The first-order chi connectivity index (χ1) is 12.3. The van der Waals surface area contributed by atoms with Crippen LogP contribution in [0, 0.1) is 6.92 Å². The van der Waals surface area contributed by atoms with E-state index in [2.05, 4.69) is 32.6 Å². The summed E-state index contributed by atoms with van der Waals surface area (Å²) < 4.78 is 27.4. The molecule has 0 spiro atoms. The van der Waals surface area contributed by atoms with E-state index in [1.54, 1.807) is 36.5 Å². The van der Waals surface area contributed by atoms with Crippen molar-refractivity contribution in [1.29, 1.82) is 0 Å². The van der Waals surface area contributed by atoms with Gasteiger partial charge >= 0.3 is 0 Å². The SMILES string of the molecule is C=Cc1cc(-c2ccc(C(C)C)cc2)cn1S(=O)(=O)c1ccc(C)cc1. The molecule has 0 N–H and O–H groups in total. The lowest BCUT2D eigenvalue weighted by atomic mass is 10.00. The van der Waals surface area contributed by atoms with Gasteiger partial charge in [-0.25, -0.2) is 12.4 Å². The van der Waals surface area contributed by atoms with Crippen LogP contribution in [0.5, 0.6) is 0 Å². The topological polar surface area (TPSA) is 39.1 Å². The molecule has 26 heavy (non-hydrogen) atoms. The average Bonchev–Trinajstić information content (AvgIpc) is 3.07. The van der Waals surface area contributed by atoms with E-state index in [1.165, 1.54) is 9.54 Å². The number of aromatic nitrogens is 1. The van der Waals surface area contributed by atoms with Crippen molar-refractivity contribution in [3.8, 4) is 11.1 Å². The maximum absolute atomic E-state index is 13.0. The van der Waals surface area contributed by atoms with E-state index >= 15 is 0 Å². The predicted octanol–water partition coefficient (Wildman–Crippen LogP) is 5.47. The first-order valence-electron chi connectivity index (χ1n) is 8.60. The fraction of sp³-hybridized carbons (Fsp3) is 0.182. The van der Waals surface area contributed by atoms with Crippen LogP contribution in [0.2, 0.25) is 0 Å². The molecule has 2 aromatic carbocycles. The van der Waals surface area contributed by atoms with Gasteiger partial charge in [0.05, 0.1) is 10.6 Å². The highest BCUT2D eigenvalue weighted by atomic mass is 32.2. The number of aryl methyl sites for hydroxylation is 1. The molecular weight excluding hydrogens is 342 g/mol. The molecule has 0 fully saturated rings. The fourth-order valence-electron chi connectivity index (χ4n) is 2.86. The van der Waals surface area contributed by atoms with Crippen molar-refractivity contribution >= 4 is 16.1 Å². The zero-order chi connectivity index (χ0) is 18.9. The second kappa shape index (κ2) is 6.96. The number of hydrogen-bond donors (Lipinski definition) is 0. The lowest BCUT2D eigenvalue weighted by molar-refractivity contribution is 0.587. The summed E-state index contributed by atoms with van der Waals surface area (Å²) >= 11 is 0. The van der Waals surface area contributed by atoms with Gasteiger partial charge in [-0.3, -0.25) is 0 Å². The van der Waals surface area contributed by atoms with Crippen molar-refractivity contribution in [2.24, 2.45) is 0 Å². The summed E-state index contributed by atoms with van der Waals surface area (Å²) in [6.07, 6.45) is 3.23. The van der Waals surface area contributed by atoms with Crippen LogP contribution >= 0.6 is 0 Å². The Balaban J connectivity index is 2.06. The van der Waals surface area contributed by atoms with Crippen LogP contribution in [0.1, 0.15) is 36.6 Å². The summed E-state index contributed by atoms with van der Waals surface area (Å²) in [7, 11) is -3.66. The van der Waals surface area contributed by atoms with Gasteiger partial charge in [-0.05, 0) is 48.2 Å². The second-order valence-corrected chi connectivity index (χ2v) is 8.56. The van der Waals surface area contributed by atoms with Crippen LogP contribution in [0.3, 0.4) is 0 Å². The third kappa shape index (κ3) is 3.37. The van der Waals surface area contributed by atoms with Crippen LogP contribution in [0.4, 0.5) is 0 Å². The molecule has 4 heteroatoms. The molecule has 1 heterocycles. The Morgan fingerprint density at radius 2 is 1.58 bits per heavy atom. The Hall–Kier alpha value is -2.59. The van der Waals surface area contributed by atoms with Crippen molar-refractivity contribution in [2.45, 2.75) is 31.6 Å². The van der Waals surface area contributed by atoms with Gasteiger partial charge in [-0.1, -0.05) is 62.4 Å². The molecule has 0 aliphatic heterocycles. The Bertz CT molecular complexity index is 1020. The van der Waals surface area contributed by atoms with Gasteiger partial charge in [0.2, 0.25) is 0 Å². The minimum absolute atomic E-state index is 0.267. The predicted molar refractivity (Wildman–Crippen MR) is 108 cm³/mol. The average molecular weight is 365 g/mol. The molecule has 0 atom stereocenters. The third-order valence-corrected chi connectivity index (χ3v) is 6.21. The van der Waals surface area contributed by atoms with Gasteiger partial charge in [0.25, 0.3) is 10.0 Å². The Kier molecular flexibility index (Phi) is 4.88. The lowest BCUT2D eigenvalue weighted by Crippen LogP contribution is -2.13. The Morgan fingerprint density at radius 3 is 2.12 bits per heavy atom. The van der Waals surface area contributed by atoms with Gasteiger partial charge in [0.15, 0.2) is 0 Å². The van der Waals surface area contributed by atoms with E-state index in [1.807, 2.05) is 25.1 Å². The van der Waals surface area contributed by atoms with E-state index in [-0.39, 0.29) is 4.90 Å². The maximum Gasteiger partial charge on any atom is 0.268 e. The van der Waals surface area contributed by atoms with E-state index < -0.39 is 10.0 Å². The zero-order valence-electron chi connectivity index (χ0n) is 15.3. The van der Waals surface area contributed by atoms with Crippen LogP contribution in [-0.4, -0.2) is 12.4 Å². The first kappa shape index (κ1) is 18.2. The number of nitrogens with zero attached hydrogens (tertiary/aromatic N) is 1. The first-order valence-corrected chi connectivity index (χ1v) is 10.0. The van der Waals surface area contributed by atoms with Crippen LogP contribution in [0.25, 0.3) is 17.2 Å². The molecule has 0 amide bonds. The third-order valence-electron chi connectivity index (χ3n) is 4.51. The van der Waals surface area contributed by atoms with Crippen molar-refractivity contribution in [1.82, 2.24) is 3.97 Å². The van der Waals surface area contributed by atoms with Crippen molar-refractivity contribution < 1.29 is 8.42 Å². The lowest BCUT2D eigenvalue weighted by Gasteiger charge is -2.08. The van der Waals surface area contributed by atoms with Crippen LogP contribution < -0.4 is 0 Å². The molecule has 134 valence electrons. The quantitative estimate of drug-likeness (QED) is 0.601. The largest absolute Gasteiger partial charge is 0.268 e. The molecule has 0 bridgehead atoms. The van der Waals surface area contributed by atoms with Crippen LogP contribution in [0.15, 0.2) is 72.3 Å². The second-order valence-electron chi connectivity index (χ2n) is 6.75. The molecule has 0 radical (unpaired) electrons. The van der Waals surface area contributed by atoms with Gasteiger partial charge < -0.3 is 0 Å². The molecule has 0 saturated carbocycles. The Labute approximate surface area is 155 Å². The highest BCUT2D eigenvalue weighted by Crippen LogP contribution is 2.28. The summed E-state index contributed by atoms with van der Waals surface area (Å²) in [6.45, 7) is 10.00. The summed E-state index contributed by atoms with van der Waals surface area (Å²) in [5.74, 6) is 0.458. The summed E-state index contributed by atoms with van der Waals surface area (Å²) in [5.41, 5.74) is 4.66. The number of hydrogen-bond acceptors (Lipinski definition) is 2. The van der Waals surface area contributed by atoms with Gasteiger partial charge in [0, 0.05) is 11.8 Å². The fourth-order valence-corrected chi connectivity index (χ4v) is 4.22. The van der Waals surface area contributed by atoms with Crippen molar-refractivity contribution in [3.05, 3.63) is 84.2 Å². The molecule has 3 aromatic rings. The Morgan fingerprint density at radius 1 is 0.962 bits per heavy atom. The van der Waals surface area contributed by atoms with E-state index in [9.17, 15) is 8.42 Å². The molecule has 0 saturated heterocycles. The minimum atomic E-state index is -3.66. The normalized spacial score (nSPS) is 11.7. The van der Waals surface area contributed by atoms with Crippen molar-refractivity contribution in [2.75, 3.05) is 0 Å². The highest BCUT2D eigenvalue weighted by molar-refractivity contribution is 7.90. The van der Waals surface area contributed by atoms with E-state index in [0.717, 1.165) is 16.7 Å². The summed E-state index contributed by atoms with van der Waals surface area (Å²) in [6, 6.07) is 16.9. The molecule has 3 rings (SSSR count). The number of benzene rings is 2. The summed E-state index contributed by atoms with van der Waals surface area (Å²) in [5, 5.41) is 0. The van der Waals surface area contributed by atoms with E-state index in [0.29, 0.717) is 11.6 Å².